The number of aryl methyl sites for hydroxylation is 1. The fraction of sp³-hybridized carbons (Fsp3) is 0.500. The standard InChI is InChI=1S/C22H28N4O3/c1-24-20(16-8-4-3-5-9-16)17-11-14-25(15-12-18(17)23-24)21(27)19-10-6-7-13-26(19)22(28)29-2/h3-5,8-9,19H,6-7,10-15H2,1-2H3. The molecule has 29 heavy (non-hydrogen) atoms. The molecule has 3 heterocycles. The smallest absolute Gasteiger partial charge is 0.410 e. The molecule has 1 aromatic heterocycles. The topological polar surface area (TPSA) is 67.7 Å². The largest absolute Gasteiger partial charge is 0.453 e. The normalized spacial score (nSPS) is 19.4. The Balaban J connectivity index is 1.53. The van der Waals surface area contributed by atoms with E-state index in [1.807, 2.05) is 34.8 Å². The summed E-state index contributed by atoms with van der Waals surface area (Å²) in [6, 6.07) is 9.86. The number of hydrogen-bond donors (Lipinski definition) is 0. The number of fused-ring (bicyclic) bond motifs is 1. The Morgan fingerprint density at radius 1 is 1.07 bits per heavy atom. The molecule has 1 fully saturated rings. The number of ether oxygens (including phenoxy) is 1. The van der Waals surface area contributed by atoms with Gasteiger partial charge in [0.1, 0.15) is 6.04 Å². The molecule has 4 rings (SSSR count). The molecule has 7 heteroatoms. The summed E-state index contributed by atoms with van der Waals surface area (Å²) < 4.78 is 6.86. The fourth-order valence-corrected chi connectivity index (χ4v) is 4.60. The number of aromatic nitrogens is 2. The first-order valence-electron chi connectivity index (χ1n) is 10.3. The van der Waals surface area contributed by atoms with Gasteiger partial charge >= 0.3 is 6.09 Å². The summed E-state index contributed by atoms with van der Waals surface area (Å²) in [6.45, 7) is 1.85. The van der Waals surface area contributed by atoms with Gasteiger partial charge in [0.15, 0.2) is 0 Å². The number of carbonyl (C=O) groups is 2. The minimum absolute atomic E-state index is 0.0332. The molecule has 0 bridgehead atoms. The van der Waals surface area contributed by atoms with Crippen LogP contribution in [0, 0.1) is 0 Å². The van der Waals surface area contributed by atoms with E-state index in [2.05, 4.69) is 12.1 Å². The van der Waals surface area contributed by atoms with E-state index in [0.717, 1.165) is 42.6 Å². The van der Waals surface area contributed by atoms with Crippen molar-refractivity contribution in [1.82, 2.24) is 19.6 Å². The van der Waals surface area contributed by atoms with Crippen molar-refractivity contribution in [2.45, 2.75) is 38.1 Å². The molecular formula is C22H28N4O3. The molecule has 1 atom stereocenters. The summed E-state index contributed by atoms with van der Waals surface area (Å²) in [5.74, 6) is 0.0332. The average Bonchev–Trinajstić information content (AvgIpc) is 2.94. The Labute approximate surface area is 171 Å². The minimum Gasteiger partial charge on any atom is -0.453 e. The van der Waals surface area contributed by atoms with E-state index in [9.17, 15) is 9.59 Å². The molecule has 1 unspecified atom stereocenters. The van der Waals surface area contributed by atoms with E-state index < -0.39 is 12.1 Å². The Hall–Kier alpha value is -2.83. The molecule has 2 aliphatic heterocycles. The lowest BCUT2D eigenvalue weighted by Crippen LogP contribution is -2.53. The quantitative estimate of drug-likeness (QED) is 0.783. The third kappa shape index (κ3) is 3.73. The van der Waals surface area contributed by atoms with Crippen molar-refractivity contribution in [1.29, 1.82) is 0 Å². The Morgan fingerprint density at radius 3 is 2.59 bits per heavy atom. The summed E-state index contributed by atoms with van der Waals surface area (Å²) >= 11 is 0. The highest BCUT2D eigenvalue weighted by Crippen LogP contribution is 2.29. The van der Waals surface area contributed by atoms with Crippen LogP contribution < -0.4 is 0 Å². The van der Waals surface area contributed by atoms with Crippen molar-refractivity contribution < 1.29 is 14.3 Å². The zero-order chi connectivity index (χ0) is 20.4. The van der Waals surface area contributed by atoms with Crippen molar-refractivity contribution in [2.75, 3.05) is 26.7 Å². The maximum atomic E-state index is 13.3. The number of carbonyl (C=O) groups excluding carboxylic acids is 2. The number of nitrogens with zero attached hydrogens (tertiary/aromatic N) is 4. The molecule has 0 spiro atoms. The van der Waals surface area contributed by atoms with Gasteiger partial charge in [-0.3, -0.25) is 14.4 Å². The summed E-state index contributed by atoms with van der Waals surface area (Å²) in [7, 11) is 3.36. The molecule has 1 aromatic carbocycles. The van der Waals surface area contributed by atoms with Crippen LogP contribution in [0.25, 0.3) is 11.3 Å². The third-order valence-electron chi connectivity index (χ3n) is 6.03. The molecule has 7 nitrogen and oxygen atoms in total. The van der Waals surface area contributed by atoms with Gasteiger partial charge in [-0.25, -0.2) is 4.79 Å². The van der Waals surface area contributed by atoms with Crippen LogP contribution in [0.1, 0.15) is 30.5 Å². The molecule has 154 valence electrons. The average molecular weight is 396 g/mol. The summed E-state index contributed by atoms with van der Waals surface area (Å²) in [5.41, 5.74) is 4.56. The Kier molecular flexibility index (Phi) is 5.56. The molecule has 2 aliphatic rings. The van der Waals surface area contributed by atoms with Crippen LogP contribution in [0.15, 0.2) is 30.3 Å². The number of rotatable bonds is 2. The van der Waals surface area contributed by atoms with Gasteiger partial charge in [0.05, 0.1) is 18.5 Å². The van der Waals surface area contributed by atoms with Gasteiger partial charge in [-0.05, 0) is 25.7 Å². The highest BCUT2D eigenvalue weighted by molar-refractivity contribution is 5.86. The predicted molar refractivity (Wildman–Crippen MR) is 109 cm³/mol. The van der Waals surface area contributed by atoms with Crippen molar-refractivity contribution >= 4 is 12.0 Å². The first-order valence-corrected chi connectivity index (χ1v) is 10.3. The van der Waals surface area contributed by atoms with E-state index in [0.29, 0.717) is 26.1 Å². The minimum atomic E-state index is -0.415. The first kappa shape index (κ1) is 19.5. The van der Waals surface area contributed by atoms with Gasteiger partial charge < -0.3 is 9.64 Å². The second-order valence-corrected chi connectivity index (χ2v) is 7.76. The second kappa shape index (κ2) is 8.27. The molecule has 1 saturated heterocycles. The van der Waals surface area contributed by atoms with Crippen LogP contribution in [0.5, 0.6) is 0 Å². The summed E-state index contributed by atoms with van der Waals surface area (Å²) in [5, 5.41) is 4.74. The predicted octanol–water partition coefficient (Wildman–Crippen LogP) is 2.64. The Morgan fingerprint density at radius 2 is 1.83 bits per heavy atom. The van der Waals surface area contributed by atoms with E-state index in [1.165, 1.54) is 12.7 Å². The maximum Gasteiger partial charge on any atom is 0.410 e. The molecule has 0 saturated carbocycles. The van der Waals surface area contributed by atoms with Crippen LogP contribution in [0.2, 0.25) is 0 Å². The van der Waals surface area contributed by atoms with Crippen LogP contribution in [-0.2, 0) is 29.4 Å². The SMILES string of the molecule is COC(=O)N1CCCCC1C(=O)N1CCc2nn(C)c(-c3ccccc3)c2CC1. The zero-order valence-electron chi connectivity index (χ0n) is 17.1. The van der Waals surface area contributed by atoms with E-state index in [1.54, 1.807) is 4.90 Å². The number of methoxy groups -OCH3 is 1. The molecule has 2 amide bonds. The summed E-state index contributed by atoms with van der Waals surface area (Å²) in [4.78, 5) is 28.9. The number of likely N-dealkylation sites (tertiary alicyclic amines) is 1. The zero-order valence-corrected chi connectivity index (χ0v) is 17.1. The fourth-order valence-electron chi connectivity index (χ4n) is 4.60. The van der Waals surface area contributed by atoms with E-state index >= 15 is 0 Å². The van der Waals surface area contributed by atoms with Gasteiger partial charge in [-0.2, -0.15) is 5.10 Å². The maximum absolute atomic E-state index is 13.3. The van der Waals surface area contributed by atoms with Gasteiger partial charge in [-0.1, -0.05) is 30.3 Å². The van der Waals surface area contributed by atoms with E-state index in [4.69, 9.17) is 9.84 Å². The summed E-state index contributed by atoms with van der Waals surface area (Å²) in [6.07, 6.45) is 3.66. The second-order valence-electron chi connectivity index (χ2n) is 7.76. The highest BCUT2D eigenvalue weighted by atomic mass is 16.5. The monoisotopic (exact) mass is 396 g/mol. The molecule has 0 radical (unpaired) electrons. The van der Waals surface area contributed by atoms with Crippen LogP contribution in [-0.4, -0.2) is 64.4 Å². The molecule has 0 aliphatic carbocycles. The number of amides is 2. The number of piperidine rings is 1. The van der Waals surface area contributed by atoms with Gasteiger partial charge in [0.25, 0.3) is 0 Å². The molecule has 0 N–H and O–H groups in total. The molecular weight excluding hydrogens is 368 g/mol. The first-order chi connectivity index (χ1) is 14.1. The van der Waals surface area contributed by atoms with E-state index in [-0.39, 0.29) is 5.91 Å². The van der Waals surface area contributed by atoms with Crippen molar-refractivity contribution in [3.8, 4) is 11.3 Å². The van der Waals surface area contributed by atoms with Crippen LogP contribution in [0.3, 0.4) is 0 Å². The number of benzene rings is 1. The van der Waals surface area contributed by atoms with Crippen molar-refractivity contribution in [2.24, 2.45) is 7.05 Å². The lowest BCUT2D eigenvalue weighted by Gasteiger charge is -2.36. The van der Waals surface area contributed by atoms with Gasteiger partial charge in [-0.15, -0.1) is 0 Å². The van der Waals surface area contributed by atoms with Gasteiger partial charge in [0, 0.05) is 44.2 Å². The highest BCUT2D eigenvalue weighted by Gasteiger charge is 2.36. The number of hydrogen-bond acceptors (Lipinski definition) is 4. The van der Waals surface area contributed by atoms with Crippen molar-refractivity contribution in [3.05, 3.63) is 41.6 Å². The lowest BCUT2D eigenvalue weighted by atomic mass is 10.0. The van der Waals surface area contributed by atoms with Crippen LogP contribution >= 0.6 is 0 Å². The van der Waals surface area contributed by atoms with Crippen molar-refractivity contribution in [3.63, 3.8) is 0 Å². The van der Waals surface area contributed by atoms with Crippen LogP contribution in [0.4, 0.5) is 4.79 Å². The molecule has 2 aromatic rings. The lowest BCUT2D eigenvalue weighted by molar-refractivity contribution is -0.137. The van der Waals surface area contributed by atoms with Gasteiger partial charge in [0.2, 0.25) is 5.91 Å². The Bertz CT molecular complexity index is 893. The third-order valence-corrected chi connectivity index (χ3v) is 6.03.